The first-order chi connectivity index (χ1) is 13.8. The van der Waals surface area contributed by atoms with E-state index in [1.54, 1.807) is 15.3 Å². The molecule has 4 rings (SSSR count). The lowest BCUT2D eigenvalue weighted by atomic mass is 10.1. The molecule has 0 aliphatic rings. The number of hydrogen-bond acceptors (Lipinski definition) is 6. The molecular weight excluding hydrogens is 370 g/mol. The van der Waals surface area contributed by atoms with Crippen molar-refractivity contribution in [3.63, 3.8) is 0 Å². The highest BCUT2D eigenvalue weighted by Crippen LogP contribution is 2.32. The summed E-state index contributed by atoms with van der Waals surface area (Å²) in [4.78, 5) is 21.4. The number of amides is 1. The van der Waals surface area contributed by atoms with Gasteiger partial charge in [-0.2, -0.15) is 5.10 Å². The van der Waals surface area contributed by atoms with Crippen LogP contribution in [0.5, 0.6) is 0 Å². The van der Waals surface area contributed by atoms with Gasteiger partial charge in [-0.25, -0.2) is 14.6 Å². The number of fused-ring (bicyclic) bond motifs is 2. The minimum Gasteiger partial charge on any atom is -0.395 e. The van der Waals surface area contributed by atoms with E-state index in [2.05, 4.69) is 15.3 Å². The predicted molar refractivity (Wildman–Crippen MR) is 111 cm³/mol. The van der Waals surface area contributed by atoms with Gasteiger partial charge in [-0.1, -0.05) is 18.2 Å². The first-order valence-electron chi connectivity index (χ1n) is 9.32. The Morgan fingerprint density at radius 2 is 2.00 bits per heavy atom. The van der Waals surface area contributed by atoms with E-state index in [0.717, 1.165) is 10.9 Å². The van der Waals surface area contributed by atoms with Crippen LogP contribution < -0.4 is 11.1 Å². The number of nitrogens with two attached hydrogens (primary N) is 1. The SMILES string of the molecule is CC(C)(C)n1nc(-n2c(C(=O)NCCO)cc3ccccc32)c2c(N)ncnc21. The van der Waals surface area contributed by atoms with Crippen molar-refractivity contribution in [1.82, 2.24) is 29.6 Å². The summed E-state index contributed by atoms with van der Waals surface area (Å²) in [7, 11) is 0. The molecule has 150 valence electrons. The fourth-order valence-corrected chi connectivity index (χ4v) is 3.39. The number of anilines is 1. The molecule has 3 heterocycles. The third-order valence-electron chi connectivity index (χ3n) is 4.66. The van der Waals surface area contributed by atoms with Gasteiger partial charge in [0.2, 0.25) is 0 Å². The Hall–Kier alpha value is -3.46. The molecule has 1 amide bonds. The molecule has 0 aliphatic heterocycles. The highest BCUT2D eigenvalue weighted by Gasteiger charge is 2.27. The standard InChI is InChI=1S/C20H23N7O2/c1-20(2,3)27-17-15(16(21)23-11-24-17)18(25-27)26-13-7-5-4-6-12(13)10-14(26)19(29)22-8-9-28/h4-7,10-11,28H,8-9H2,1-3H3,(H,22,29)(H2,21,23,24). The summed E-state index contributed by atoms with van der Waals surface area (Å²) in [6.45, 7) is 6.07. The number of carbonyl (C=O) groups is 1. The van der Waals surface area contributed by atoms with Crippen molar-refractivity contribution in [1.29, 1.82) is 0 Å². The van der Waals surface area contributed by atoms with Crippen LogP contribution in [-0.4, -0.2) is 48.5 Å². The number of benzene rings is 1. The Labute approximate surface area is 167 Å². The van der Waals surface area contributed by atoms with Gasteiger partial charge in [0.1, 0.15) is 23.2 Å². The molecular formula is C20H23N7O2. The maximum absolute atomic E-state index is 12.9. The zero-order valence-corrected chi connectivity index (χ0v) is 16.5. The van der Waals surface area contributed by atoms with Crippen molar-refractivity contribution in [3.8, 4) is 5.82 Å². The van der Waals surface area contributed by atoms with Gasteiger partial charge in [0.05, 0.1) is 17.7 Å². The second-order valence-corrected chi connectivity index (χ2v) is 7.77. The average molecular weight is 393 g/mol. The van der Waals surface area contributed by atoms with Gasteiger partial charge < -0.3 is 16.2 Å². The molecule has 0 saturated carbocycles. The fraction of sp³-hybridized carbons (Fsp3) is 0.300. The maximum Gasteiger partial charge on any atom is 0.268 e. The van der Waals surface area contributed by atoms with Crippen LogP contribution in [0.15, 0.2) is 36.7 Å². The van der Waals surface area contributed by atoms with E-state index in [-0.39, 0.29) is 24.6 Å². The van der Waals surface area contributed by atoms with E-state index >= 15 is 0 Å². The Bertz CT molecular complexity index is 1220. The molecule has 0 radical (unpaired) electrons. The van der Waals surface area contributed by atoms with E-state index in [1.165, 1.54) is 6.33 Å². The number of aliphatic hydroxyl groups is 1. The largest absolute Gasteiger partial charge is 0.395 e. The molecule has 9 heteroatoms. The molecule has 0 atom stereocenters. The second kappa shape index (κ2) is 6.85. The van der Waals surface area contributed by atoms with Crippen LogP contribution in [0.3, 0.4) is 0 Å². The second-order valence-electron chi connectivity index (χ2n) is 7.77. The molecule has 1 aromatic carbocycles. The van der Waals surface area contributed by atoms with Crippen molar-refractivity contribution in [2.75, 3.05) is 18.9 Å². The van der Waals surface area contributed by atoms with Gasteiger partial charge in [0, 0.05) is 11.9 Å². The minimum absolute atomic E-state index is 0.145. The molecule has 0 bridgehead atoms. The fourth-order valence-electron chi connectivity index (χ4n) is 3.39. The third kappa shape index (κ3) is 3.09. The molecule has 29 heavy (non-hydrogen) atoms. The van der Waals surface area contributed by atoms with E-state index in [9.17, 15) is 4.79 Å². The summed E-state index contributed by atoms with van der Waals surface area (Å²) in [5.74, 6) is 0.465. The van der Waals surface area contributed by atoms with Gasteiger partial charge in [-0.15, -0.1) is 0 Å². The lowest BCUT2D eigenvalue weighted by Crippen LogP contribution is -2.28. The van der Waals surface area contributed by atoms with Gasteiger partial charge in [0.25, 0.3) is 5.91 Å². The number of nitrogen functional groups attached to an aromatic ring is 1. The van der Waals surface area contributed by atoms with Crippen molar-refractivity contribution >= 4 is 33.7 Å². The lowest BCUT2D eigenvalue weighted by molar-refractivity contribution is 0.0938. The van der Waals surface area contributed by atoms with Gasteiger partial charge in [-0.05, 0) is 32.9 Å². The maximum atomic E-state index is 12.9. The van der Waals surface area contributed by atoms with Crippen LogP contribution in [0.4, 0.5) is 5.82 Å². The number of aliphatic hydroxyl groups excluding tert-OH is 1. The van der Waals surface area contributed by atoms with Crippen molar-refractivity contribution in [2.45, 2.75) is 26.3 Å². The predicted octanol–water partition coefficient (Wildman–Crippen LogP) is 1.83. The normalized spacial score (nSPS) is 12.0. The first-order valence-corrected chi connectivity index (χ1v) is 9.32. The third-order valence-corrected chi connectivity index (χ3v) is 4.66. The first kappa shape index (κ1) is 18.9. The number of nitrogens with one attached hydrogen (secondary N) is 1. The number of para-hydroxylation sites is 1. The molecule has 0 fully saturated rings. The van der Waals surface area contributed by atoms with Crippen LogP contribution in [0.25, 0.3) is 27.8 Å². The molecule has 0 spiro atoms. The highest BCUT2D eigenvalue weighted by atomic mass is 16.3. The number of nitrogens with zero attached hydrogens (tertiary/aromatic N) is 5. The smallest absolute Gasteiger partial charge is 0.268 e. The summed E-state index contributed by atoms with van der Waals surface area (Å²) in [6.07, 6.45) is 1.41. The summed E-state index contributed by atoms with van der Waals surface area (Å²) in [6, 6.07) is 9.45. The van der Waals surface area contributed by atoms with Crippen LogP contribution in [0.1, 0.15) is 31.3 Å². The summed E-state index contributed by atoms with van der Waals surface area (Å²) < 4.78 is 3.56. The lowest BCUT2D eigenvalue weighted by Gasteiger charge is -2.19. The molecule has 9 nitrogen and oxygen atoms in total. The van der Waals surface area contributed by atoms with Gasteiger partial charge in [-0.3, -0.25) is 9.36 Å². The Kier molecular flexibility index (Phi) is 4.46. The number of hydrogen-bond donors (Lipinski definition) is 3. The van der Waals surface area contributed by atoms with Crippen LogP contribution in [0, 0.1) is 0 Å². The molecule has 0 aliphatic carbocycles. The Morgan fingerprint density at radius 3 is 2.72 bits per heavy atom. The average Bonchev–Trinajstić information content (AvgIpc) is 3.25. The van der Waals surface area contributed by atoms with Crippen LogP contribution >= 0.6 is 0 Å². The summed E-state index contributed by atoms with van der Waals surface area (Å²) in [5, 5.41) is 18.1. The number of carbonyl (C=O) groups excluding carboxylic acids is 1. The van der Waals surface area contributed by atoms with E-state index in [1.807, 2.05) is 45.0 Å². The molecule has 4 N–H and O–H groups in total. The topological polar surface area (TPSA) is 124 Å². The van der Waals surface area contributed by atoms with Gasteiger partial charge in [0.15, 0.2) is 11.5 Å². The summed E-state index contributed by atoms with van der Waals surface area (Å²) >= 11 is 0. The highest BCUT2D eigenvalue weighted by molar-refractivity contribution is 6.02. The van der Waals surface area contributed by atoms with Crippen molar-refractivity contribution in [3.05, 3.63) is 42.4 Å². The van der Waals surface area contributed by atoms with E-state index in [4.69, 9.17) is 15.9 Å². The minimum atomic E-state index is -0.362. The Balaban J connectivity index is 2.07. The molecule has 0 unspecified atom stereocenters. The van der Waals surface area contributed by atoms with E-state index in [0.29, 0.717) is 28.4 Å². The zero-order valence-electron chi connectivity index (χ0n) is 16.5. The Morgan fingerprint density at radius 1 is 1.24 bits per heavy atom. The van der Waals surface area contributed by atoms with Gasteiger partial charge >= 0.3 is 0 Å². The van der Waals surface area contributed by atoms with Crippen molar-refractivity contribution in [2.24, 2.45) is 0 Å². The van der Waals surface area contributed by atoms with E-state index < -0.39 is 0 Å². The number of rotatable bonds is 4. The van der Waals surface area contributed by atoms with Crippen molar-refractivity contribution < 1.29 is 9.90 Å². The quantitative estimate of drug-likeness (QED) is 0.486. The number of aromatic nitrogens is 5. The molecule has 4 aromatic rings. The molecule has 3 aromatic heterocycles. The monoisotopic (exact) mass is 393 g/mol. The molecule has 0 saturated heterocycles. The van der Waals surface area contributed by atoms with Crippen LogP contribution in [-0.2, 0) is 5.54 Å². The summed E-state index contributed by atoms with van der Waals surface area (Å²) in [5.41, 5.74) is 7.66. The van der Waals surface area contributed by atoms with Crippen LogP contribution in [0.2, 0.25) is 0 Å². The zero-order chi connectivity index (χ0) is 20.8.